The van der Waals surface area contributed by atoms with E-state index in [1.165, 1.54) is 0 Å². The molecule has 0 saturated heterocycles. The summed E-state index contributed by atoms with van der Waals surface area (Å²) < 4.78 is 10.5. The maximum Gasteiger partial charge on any atom is 0.306 e. The van der Waals surface area contributed by atoms with Crippen LogP contribution in [0.5, 0.6) is 11.5 Å². The van der Waals surface area contributed by atoms with Crippen LogP contribution in [-0.4, -0.2) is 25.3 Å². The number of hydrogen-bond acceptors (Lipinski definition) is 3. The Bertz CT molecular complexity index is 412. The number of ether oxygens (including phenoxy) is 2. The van der Waals surface area contributed by atoms with E-state index in [1.54, 1.807) is 21.1 Å². The third-order valence-corrected chi connectivity index (χ3v) is 2.69. The Balaban J connectivity index is 3.03. The lowest BCUT2D eigenvalue weighted by Crippen LogP contribution is -2.12. The lowest BCUT2D eigenvalue weighted by Gasteiger charge is -2.14. The Morgan fingerprint density at radius 1 is 1.35 bits per heavy atom. The van der Waals surface area contributed by atoms with Crippen molar-refractivity contribution >= 4 is 5.97 Å². The maximum atomic E-state index is 10.8. The molecule has 1 atom stereocenters. The minimum atomic E-state index is -0.794. The van der Waals surface area contributed by atoms with Gasteiger partial charge in [0.05, 0.1) is 20.1 Å². The molecule has 4 nitrogen and oxygen atoms in total. The minimum Gasteiger partial charge on any atom is -0.493 e. The standard InChI is InChI=1S/C13H18O4/c1-8-5-10(6-9(2)13(14)15)7-11(16-3)12(8)17-4/h5,7,9H,6H2,1-4H3,(H,14,15). The first-order valence-corrected chi connectivity index (χ1v) is 5.44. The van der Waals surface area contributed by atoms with Crippen LogP contribution >= 0.6 is 0 Å². The van der Waals surface area contributed by atoms with E-state index in [0.29, 0.717) is 17.9 Å². The second-order valence-electron chi connectivity index (χ2n) is 4.09. The van der Waals surface area contributed by atoms with Gasteiger partial charge < -0.3 is 14.6 Å². The van der Waals surface area contributed by atoms with Gasteiger partial charge in [0, 0.05) is 0 Å². The van der Waals surface area contributed by atoms with Crippen molar-refractivity contribution in [2.75, 3.05) is 14.2 Å². The Morgan fingerprint density at radius 3 is 2.47 bits per heavy atom. The first-order chi connectivity index (χ1) is 7.99. The summed E-state index contributed by atoms with van der Waals surface area (Å²) in [5, 5.41) is 8.88. The van der Waals surface area contributed by atoms with Gasteiger partial charge in [-0.05, 0) is 30.5 Å². The number of carboxylic acid groups (broad SMARTS) is 1. The first kappa shape index (κ1) is 13.4. The van der Waals surface area contributed by atoms with Crippen LogP contribution in [-0.2, 0) is 11.2 Å². The molecule has 0 amide bonds. The lowest BCUT2D eigenvalue weighted by atomic mass is 9.99. The van der Waals surface area contributed by atoms with Crippen LogP contribution in [0.1, 0.15) is 18.1 Å². The van der Waals surface area contributed by atoms with Gasteiger partial charge in [0.1, 0.15) is 0 Å². The number of rotatable bonds is 5. The summed E-state index contributed by atoms with van der Waals surface area (Å²) in [6, 6.07) is 3.76. The molecule has 0 spiro atoms. The highest BCUT2D eigenvalue weighted by Crippen LogP contribution is 2.32. The monoisotopic (exact) mass is 238 g/mol. The highest BCUT2D eigenvalue weighted by molar-refractivity contribution is 5.70. The van der Waals surface area contributed by atoms with Gasteiger partial charge in [-0.25, -0.2) is 0 Å². The minimum absolute atomic E-state index is 0.410. The van der Waals surface area contributed by atoms with Gasteiger partial charge in [-0.15, -0.1) is 0 Å². The Morgan fingerprint density at radius 2 is 2.00 bits per heavy atom. The molecule has 0 aromatic heterocycles. The molecular weight excluding hydrogens is 220 g/mol. The van der Waals surface area contributed by atoms with Gasteiger partial charge in [0.2, 0.25) is 0 Å². The zero-order chi connectivity index (χ0) is 13.0. The highest BCUT2D eigenvalue weighted by atomic mass is 16.5. The SMILES string of the molecule is COc1cc(CC(C)C(=O)O)cc(C)c1OC. The van der Waals surface area contributed by atoms with E-state index in [0.717, 1.165) is 11.1 Å². The summed E-state index contributed by atoms with van der Waals surface area (Å²) in [7, 11) is 3.16. The van der Waals surface area contributed by atoms with Crippen molar-refractivity contribution in [3.8, 4) is 11.5 Å². The summed E-state index contributed by atoms with van der Waals surface area (Å²) >= 11 is 0. The number of methoxy groups -OCH3 is 2. The maximum absolute atomic E-state index is 10.8. The average Bonchev–Trinajstić information content (AvgIpc) is 2.27. The molecule has 1 aromatic rings. The predicted molar refractivity (Wildman–Crippen MR) is 64.8 cm³/mol. The zero-order valence-electron chi connectivity index (χ0n) is 10.6. The molecule has 94 valence electrons. The largest absolute Gasteiger partial charge is 0.493 e. The fraction of sp³-hybridized carbons (Fsp3) is 0.462. The fourth-order valence-electron chi connectivity index (χ4n) is 1.79. The van der Waals surface area contributed by atoms with Gasteiger partial charge >= 0.3 is 5.97 Å². The molecule has 17 heavy (non-hydrogen) atoms. The van der Waals surface area contributed by atoms with Gasteiger partial charge in [-0.2, -0.15) is 0 Å². The second kappa shape index (κ2) is 5.57. The molecule has 0 radical (unpaired) electrons. The molecule has 0 bridgehead atoms. The number of hydrogen-bond donors (Lipinski definition) is 1. The predicted octanol–water partition coefficient (Wildman–Crippen LogP) is 2.28. The van der Waals surface area contributed by atoms with Crippen molar-refractivity contribution < 1.29 is 19.4 Å². The summed E-state index contributed by atoms with van der Waals surface area (Å²) in [5.41, 5.74) is 1.88. The molecule has 1 N–H and O–H groups in total. The number of aryl methyl sites for hydroxylation is 1. The molecule has 0 saturated carbocycles. The van der Waals surface area contributed by atoms with Gasteiger partial charge in [-0.3, -0.25) is 4.79 Å². The van der Waals surface area contributed by atoms with Crippen LogP contribution < -0.4 is 9.47 Å². The van der Waals surface area contributed by atoms with Crippen molar-refractivity contribution in [2.24, 2.45) is 5.92 Å². The Labute approximate surface area is 101 Å². The smallest absolute Gasteiger partial charge is 0.306 e. The van der Waals surface area contributed by atoms with Gasteiger partial charge in [0.15, 0.2) is 11.5 Å². The van der Waals surface area contributed by atoms with Crippen molar-refractivity contribution in [2.45, 2.75) is 20.3 Å². The van der Waals surface area contributed by atoms with Gasteiger partial charge in [-0.1, -0.05) is 13.0 Å². The van der Waals surface area contributed by atoms with E-state index in [2.05, 4.69) is 0 Å². The molecule has 0 heterocycles. The van der Waals surface area contributed by atoms with Crippen LogP contribution in [0.2, 0.25) is 0 Å². The van der Waals surface area contributed by atoms with E-state index in [4.69, 9.17) is 14.6 Å². The first-order valence-electron chi connectivity index (χ1n) is 5.44. The zero-order valence-corrected chi connectivity index (χ0v) is 10.6. The summed E-state index contributed by atoms with van der Waals surface area (Å²) in [6.07, 6.45) is 0.483. The average molecular weight is 238 g/mol. The quantitative estimate of drug-likeness (QED) is 0.855. The molecule has 0 aliphatic heterocycles. The van der Waals surface area contributed by atoms with Crippen molar-refractivity contribution in [3.63, 3.8) is 0 Å². The van der Waals surface area contributed by atoms with Crippen molar-refractivity contribution in [1.82, 2.24) is 0 Å². The fourth-order valence-corrected chi connectivity index (χ4v) is 1.79. The van der Waals surface area contributed by atoms with E-state index < -0.39 is 11.9 Å². The van der Waals surface area contributed by atoms with Crippen LogP contribution in [0.3, 0.4) is 0 Å². The van der Waals surface area contributed by atoms with Gasteiger partial charge in [0.25, 0.3) is 0 Å². The van der Waals surface area contributed by atoms with Crippen LogP contribution in [0.25, 0.3) is 0 Å². The van der Waals surface area contributed by atoms with Crippen molar-refractivity contribution in [1.29, 1.82) is 0 Å². The number of carbonyl (C=O) groups is 1. The third kappa shape index (κ3) is 3.12. The molecule has 0 fully saturated rings. The molecule has 4 heteroatoms. The van der Waals surface area contributed by atoms with Crippen molar-refractivity contribution in [3.05, 3.63) is 23.3 Å². The topological polar surface area (TPSA) is 55.8 Å². The van der Waals surface area contributed by atoms with E-state index in [1.807, 2.05) is 19.1 Å². The molecule has 0 aliphatic carbocycles. The highest BCUT2D eigenvalue weighted by Gasteiger charge is 2.15. The molecular formula is C13H18O4. The van der Waals surface area contributed by atoms with E-state index >= 15 is 0 Å². The van der Waals surface area contributed by atoms with E-state index in [-0.39, 0.29) is 0 Å². The molecule has 1 unspecified atom stereocenters. The van der Waals surface area contributed by atoms with E-state index in [9.17, 15) is 4.79 Å². The third-order valence-electron chi connectivity index (χ3n) is 2.69. The normalized spacial score (nSPS) is 12.0. The number of carboxylic acids is 1. The van der Waals surface area contributed by atoms with Crippen LogP contribution in [0, 0.1) is 12.8 Å². The lowest BCUT2D eigenvalue weighted by molar-refractivity contribution is -0.141. The Hall–Kier alpha value is -1.71. The number of benzene rings is 1. The van der Waals surface area contributed by atoms with Crippen LogP contribution in [0.15, 0.2) is 12.1 Å². The summed E-state index contributed by atoms with van der Waals surface area (Å²) in [4.78, 5) is 10.8. The molecule has 0 aliphatic rings. The summed E-state index contributed by atoms with van der Waals surface area (Å²) in [5.74, 6) is 0.129. The Kier molecular flexibility index (Phi) is 4.37. The number of aliphatic carboxylic acids is 1. The second-order valence-corrected chi connectivity index (χ2v) is 4.09. The molecule has 1 rings (SSSR count). The molecule has 1 aromatic carbocycles. The summed E-state index contributed by atoms with van der Waals surface area (Å²) in [6.45, 7) is 3.60. The van der Waals surface area contributed by atoms with Crippen LogP contribution in [0.4, 0.5) is 0 Å².